The van der Waals surface area contributed by atoms with Gasteiger partial charge < -0.3 is 5.32 Å². The van der Waals surface area contributed by atoms with Gasteiger partial charge in [0.2, 0.25) is 5.91 Å². The molecule has 0 fully saturated rings. The van der Waals surface area contributed by atoms with Gasteiger partial charge in [-0.1, -0.05) is 26.0 Å². The maximum absolute atomic E-state index is 13.0. The van der Waals surface area contributed by atoms with E-state index in [1.165, 1.54) is 12.1 Å². The minimum atomic E-state index is -0.298. The first kappa shape index (κ1) is 14.7. The molecule has 100 valence electrons. The molecule has 1 amide bonds. The Morgan fingerprint density at radius 2 is 2.00 bits per heavy atom. The summed E-state index contributed by atoms with van der Waals surface area (Å²) in [5.41, 5.74) is 0.712. The Bertz CT molecular complexity index is 390. The van der Waals surface area contributed by atoms with Crippen molar-refractivity contribution in [1.29, 1.82) is 0 Å². The standard InChI is InChI=1S/C15H22FNO/c1-11(2)7-8-12(3)17-15(18)10-13-5-4-6-14(16)9-13/h4-6,9,11-12H,7-8,10H2,1-3H3,(H,17,18). The van der Waals surface area contributed by atoms with Crippen molar-refractivity contribution in [3.63, 3.8) is 0 Å². The molecule has 0 bridgehead atoms. The Kier molecular flexibility index (Phi) is 5.83. The van der Waals surface area contributed by atoms with Gasteiger partial charge in [-0.3, -0.25) is 4.79 Å². The number of amides is 1. The van der Waals surface area contributed by atoms with Crippen molar-refractivity contribution in [2.45, 2.75) is 46.1 Å². The number of hydrogen-bond donors (Lipinski definition) is 1. The predicted octanol–water partition coefficient (Wildman–Crippen LogP) is 3.31. The lowest BCUT2D eigenvalue weighted by Crippen LogP contribution is -2.33. The first-order valence-corrected chi connectivity index (χ1v) is 6.51. The van der Waals surface area contributed by atoms with Gasteiger partial charge >= 0.3 is 0 Å². The first-order valence-electron chi connectivity index (χ1n) is 6.51. The van der Waals surface area contributed by atoms with Gasteiger partial charge in [0, 0.05) is 6.04 Å². The summed E-state index contributed by atoms with van der Waals surface area (Å²) in [7, 11) is 0. The second-order valence-electron chi connectivity index (χ2n) is 5.25. The van der Waals surface area contributed by atoms with E-state index in [1.807, 2.05) is 6.92 Å². The first-order chi connectivity index (χ1) is 8.47. The normalized spacial score (nSPS) is 12.5. The molecule has 1 aromatic carbocycles. The van der Waals surface area contributed by atoms with Crippen LogP contribution in [0.1, 0.15) is 39.2 Å². The molecular weight excluding hydrogens is 229 g/mol. The molecule has 18 heavy (non-hydrogen) atoms. The highest BCUT2D eigenvalue weighted by Crippen LogP contribution is 2.07. The zero-order chi connectivity index (χ0) is 13.5. The third-order valence-corrected chi connectivity index (χ3v) is 2.84. The second-order valence-corrected chi connectivity index (χ2v) is 5.25. The number of benzene rings is 1. The minimum absolute atomic E-state index is 0.0446. The van der Waals surface area contributed by atoms with E-state index < -0.39 is 0 Å². The van der Waals surface area contributed by atoms with Crippen molar-refractivity contribution in [3.8, 4) is 0 Å². The molecule has 0 saturated heterocycles. The maximum atomic E-state index is 13.0. The quantitative estimate of drug-likeness (QED) is 0.825. The molecule has 2 nitrogen and oxygen atoms in total. The molecule has 3 heteroatoms. The molecule has 1 unspecified atom stereocenters. The molecule has 0 aliphatic carbocycles. The summed E-state index contributed by atoms with van der Waals surface area (Å²) >= 11 is 0. The van der Waals surface area contributed by atoms with E-state index in [1.54, 1.807) is 12.1 Å². The van der Waals surface area contributed by atoms with E-state index in [0.29, 0.717) is 11.5 Å². The molecule has 1 atom stereocenters. The Balaban J connectivity index is 2.37. The third kappa shape index (κ3) is 5.80. The highest BCUT2D eigenvalue weighted by Gasteiger charge is 2.09. The SMILES string of the molecule is CC(C)CCC(C)NC(=O)Cc1cccc(F)c1. The van der Waals surface area contributed by atoms with Crippen LogP contribution in [-0.2, 0) is 11.2 Å². The second kappa shape index (κ2) is 7.14. The fraction of sp³-hybridized carbons (Fsp3) is 0.533. The summed E-state index contributed by atoms with van der Waals surface area (Å²) in [6.07, 6.45) is 2.32. The molecule has 0 aliphatic heterocycles. The molecule has 0 aromatic heterocycles. The van der Waals surface area contributed by atoms with Gasteiger partial charge in [0.1, 0.15) is 5.82 Å². The third-order valence-electron chi connectivity index (χ3n) is 2.84. The Morgan fingerprint density at radius 1 is 1.28 bits per heavy atom. The lowest BCUT2D eigenvalue weighted by atomic mass is 10.0. The number of carbonyl (C=O) groups is 1. The van der Waals surface area contributed by atoms with Crippen LogP contribution in [0.3, 0.4) is 0 Å². The van der Waals surface area contributed by atoms with Gasteiger partial charge in [-0.25, -0.2) is 4.39 Å². The van der Waals surface area contributed by atoms with Crippen LogP contribution in [0.2, 0.25) is 0 Å². The maximum Gasteiger partial charge on any atom is 0.224 e. The van der Waals surface area contributed by atoms with E-state index in [9.17, 15) is 9.18 Å². The van der Waals surface area contributed by atoms with Crippen LogP contribution in [0.4, 0.5) is 4.39 Å². The van der Waals surface area contributed by atoms with E-state index in [4.69, 9.17) is 0 Å². The molecule has 1 rings (SSSR count). The molecular formula is C15H22FNO. The van der Waals surface area contributed by atoms with Crippen molar-refractivity contribution in [3.05, 3.63) is 35.6 Å². The monoisotopic (exact) mass is 251 g/mol. The lowest BCUT2D eigenvalue weighted by molar-refractivity contribution is -0.121. The number of rotatable bonds is 6. The zero-order valence-electron chi connectivity index (χ0n) is 11.4. The smallest absolute Gasteiger partial charge is 0.224 e. The molecule has 0 radical (unpaired) electrons. The Morgan fingerprint density at radius 3 is 2.61 bits per heavy atom. The number of nitrogens with one attached hydrogen (secondary N) is 1. The largest absolute Gasteiger partial charge is 0.353 e. The lowest BCUT2D eigenvalue weighted by Gasteiger charge is -2.15. The van der Waals surface area contributed by atoms with Gasteiger partial charge in [0.05, 0.1) is 6.42 Å². The van der Waals surface area contributed by atoms with Crippen LogP contribution >= 0.6 is 0 Å². The summed E-state index contributed by atoms with van der Waals surface area (Å²) in [4.78, 5) is 11.7. The van der Waals surface area contributed by atoms with Crippen LogP contribution in [0.5, 0.6) is 0 Å². The highest BCUT2D eigenvalue weighted by atomic mass is 19.1. The van der Waals surface area contributed by atoms with Gasteiger partial charge in [-0.05, 0) is 43.4 Å². The molecule has 0 saturated carbocycles. The van der Waals surface area contributed by atoms with Gasteiger partial charge in [0.25, 0.3) is 0 Å². The Labute approximate surface area is 109 Å². The van der Waals surface area contributed by atoms with Crippen LogP contribution in [-0.4, -0.2) is 11.9 Å². The Hall–Kier alpha value is -1.38. The summed E-state index contributed by atoms with van der Waals surface area (Å²) in [5, 5.41) is 2.94. The van der Waals surface area contributed by atoms with Crippen molar-refractivity contribution in [2.24, 2.45) is 5.92 Å². The van der Waals surface area contributed by atoms with Crippen LogP contribution in [0, 0.1) is 11.7 Å². The fourth-order valence-electron chi connectivity index (χ4n) is 1.81. The van der Waals surface area contributed by atoms with Gasteiger partial charge in [-0.2, -0.15) is 0 Å². The van der Waals surface area contributed by atoms with Crippen molar-refractivity contribution in [2.75, 3.05) is 0 Å². The molecule has 1 aromatic rings. The van der Waals surface area contributed by atoms with E-state index in [2.05, 4.69) is 19.2 Å². The van der Waals surface area contributed by atoms with Gasteiger partial charge in [0.15, 0.2) is 0 Å². The predicted molar refractivity (Wildman–Crippen MR) is 71.8 cm³/mol. The van der Waals surface area contributed by atoms with E-state index in [0.717, 1.165) is 12.8 Å². The summed E-state index contributed by atoms with van der Waals surface area (Å²) < 4.78 is 13.0. The van der Waals surface area contributed by atoms with E-state index >= 15 is 0 Å². The molecule has 0 heterocycles. The summed E-state index contributed by atoms with van der Waals surface area (Å²) in [6, 6.07) is 6.35. The fourth-order valence-corrected chi connectivity index (χ4v) is 1.81. The number of carbonyl (C=O) groups excluding carboxylic acids is 1. The zero-order valence-corrected chi connectivity index (χ0v) is 11.4. The van der Waals surface area contributed by atoms with E-state index in [-0.39, 0.29) is 24.2 Å². The summed E-state index contributed by atoms with van der Waals surface area (Å²) in [5.74, 6) is 0.303. The average Bonchev–Trinajstić information content (AvgIpc) is 2.26. The minimum Gasteiger partial charge on any atom is -0.353 e. The molecule has 1 N–H and O–H groups in total. The topological polar surface area (TPSA) is 29.1 Å². The summed E-state index contributed by atoms with van der Waals surface area (Å²) in [6.45, 7) is 6.34. The van der Waals surface area contributed by atoms with Gasteiger partial charge in [-0.15, -0.1) is 0 Å². The van der Waals surface area contributed by atoms with Crippen molar-refractivity contribution < 1.29 is 9.18 Å². The molecule has 0 aliphatic rings. The number of halogens is 1. The van der Waals surface area contributed by atoms with Crippen LogP contribution in [0.15, 0.2) is 24.3 Å². The van der Waals surface area contributed by atoms with Crippen molar-refractivity contribution >= 4 is 5.91 Å². The van der Waals surface area contributed by atoms with Crippen LogP contribution in [0.25, 0.3) is 0 Å². The molecule has 0 spiro atoms. The number of hydrogen-bond acceptors (Lipinski definition) is 1. The highest BCUT2D eigenvalue weighted by molar-refractivity contribution is 5.78. The van der Waals surface area contributed by atoms with Crippen molar-refractivity contribution in [1.82, 2.24) is 5.32 Å². The van der Waals surface area contributed by atoms with Crippen LogP contribution < -0.4 is 5.32 Å². The average molecular weight is 251 g/mol.